The normalized spacial score (nSPS) is 23.4. The number of hydrogen-bond donors (Lipinski definition) is 1. The van der Waals surface area contributed by atoms with Gasteiger partial charge in [0.15, 0.2) is 0 Å². The average molecular weight is 336 g/mol. The van der Waals surface area contributed by atoms with Crippen LogP contribution in [0.5, 0.6) is 0 Å². The third kappa shape index (κ3) is 3.36. The maximum Gasteiger partial charge on any atom is 0.308 e. The average Bonchev–Trinajstić information content (AvgIpc) is 2.77. The second-order valence-electron chi connectivity index (χ2n) is 5.20. The minimum absolute atomic E-state index is 0.0422. The van der Waals surface area contributed by atoms with Crippen molar-refractivity contribution in [3.8, 4) is 0 Å². The van der Waals surface area contributed by atoms with E-state index in [1.807, 2.05) is 0 Å². The Labute approximate surface area is 127 Å². The van der Waals surface area contributed by atoms with E-state index in [0.29, 0.717) is 0 Å². The van der Waals surface area contributed by atoms with Crippen LogP contribution in [-0.4, -0.2) is 36.9 Å². The van der Waals surface area contributed by atoms with Crippen molar-refractivity contribution in [2.45, 2.75) is 12.7 Å². The van der Waals surface area contributed by atoms with Crippen LogP contribution in [0.3, 0.4) is 0 Å². The van der Waals surface area contributed by atoms with E-state index in [0.717, 1.165) is 10.4 Å². The molecule has 0 aliphatic carbocycles. The Morgan fingerprint density at radius 1 is 1.48 bits per heavy atom. The second-order valence-corrected chi connectivity index (χ2v) is 7.57. The van der Waals surface area contributed by atoms with E-state index in [9.17, 15) is 17.6 Å². The van der Waals surface area contributed by atoms with Gasteiger partial charge in [0.2, 0.25) is 10.0 Å². The molecule has 0 aromatic heterocycles. The molecule has 116 valence electrons. The molecule has 1 aromatic rings. The van der Waals surface area contributed by atoms with Crippen molar-refractivity contribution < 1.29 is 22.7 Å². The third-order valence-electron chi connectivity index (χ3n) is 3.68. The summed E-state index contributed by atoms with van der Waals surface area (Å²) >= 11 is 5.83. The van der Waals surface area contributed by atoms with Gasteiger partial charge >= 0.3 is 5.97 Å². The molecule has 1 fully saturated rings. The predicted octanol–water partition coefficient (Wildman–Crippen LogP) is 1.96. The quantitative estimate of drug-likeness (QED) is 0.912. The smallest absolute Gasteiger partial charge is 0.308 e. The monoisotopic (exact) mass is 335 g/mol. The number of aliphatic carboxylic acids is 1. The van der Waals surface area contributed by atoms with E-state index in [1.54, 1.807) is 6.92 Å². The number of hydrogen-bond acceptors (Lipinski definition) is 3. The van der Waals surface area contributed by atoms with Crippen molar-refractivity contribution in [2.24, 2.45) is 11.8 Å². The molecule has 1 N–H and O–H groups in total. The van der Waals surface area contributed by atoms with Crippen LogP contribution in [0, 0.1) is 17.7 Å². The van der Waals surface area contributed by atoms with Crippen molar-refractivity contribution in [3.05, 3.63) is 34.6 Å². The molecule has 0 bridgehead atoms. The fourth-order valence-electron chi connectivity index (χ4n) is 2.41. The van der Waals surface area contributed by atoms with Crippen molar-refractivity contribution in [1.29, 1.82) is 0 Å². The van der Waals surface area contributed by atoms with Crippen LogP contribution in [0.4, 0.5) is 4.39 Å². The van der Waals surface area contributed by atoms with Gasteiger partial charge in [-0.25, -0.2) is 17.1 Å². The summed E-state index contributed by atoms with van der Waals surface area (Å²) in [5.74, 6) is -3.31. The molecule has 1 heterocycles. The number of rotatable bonds is 4. The Balaban J connectivity index is 2.22. The highest BCUT2D eigenvalue weighted by Crippen LogP contribution is 2.29. The van der Waals surface area contributed by atoms with Crippen LogP contribution in [0.2, 0.25) is 5.02 Å². The molecule has 8 heteroatoms. The van der Waals surface area contributed by atoms with Gasteiger partial charge in [-0.05, 0) is 18.1 Å². The molecule has 1 aliphatic heterocycles. The highest BCUT2D eigenvalue weighted by molar-refractivity contribution is 7.88. The lowest BCUT2D eigenvalue weighted by molar-refractivity contribution is -0.142. The summed E-state index contributed by atoms with van der Waals surface area (Å²) in [4.78, 5) is 11.0. The van der Waals surface area contributed by atoms with Crippen LogP contribution in [0.25, 0.3) is 0 Å². The van der Waals surface area contributed by atoms with Crippen molar-refractivity contribution in [3.63, 3.8) is 0 Å². The number of carboxylic acids is 1. The van der Waals surface area contributed by atoms with E-state index in [2.05, 4.69) is 0 Å². The number of carboxylic acid groups (broad SMARTS) is 1. The summed E-state index contributed by atoms with van der Waals surface area (Å²) in [6.45, 7) is 1.71. The van der Waals surface area contributed by atoms with Crippen molar-refractivity contribution in [1.82, 2.24) is 4.31 Å². The predicted molar refractivity (Wildman–Crippen MR) is 75.9 cm³/mol. The molecule has 0 radical (unpaired) electrons. The van der Waals surface area contributed by atoms with Crippen molar-refractivity contribution in [2.75, 3.05) is 13.1 Å². The van der Waals surface area contributed by atoms with Gasteiger partial charge in [0.05, 0.1) is 11.7 Å². The topological polar surface area (TPSA) is 74.7 Å². The largest absolute Gasteiger partial charge is 0.481 e. The summed E-state index contributed by atoms with van der Waals surface area (Å²) in [7, 11) is -3.81. The van der Waals surface area contributed by atoms with E-state index in [4.69, 9.17) is 16.7 Å². The zero-order valence-corrected chi connectivity index (χ0v) is 12.9. The zero-order chi connectivity index (χ0) is 15.8. The number of sulfonamides is 1. The van der Waals surface area contributed by atoms with Gasteiger partial charge in [-0.15, -0.1) is 0 Å². The molecule has 0 saturated carbocycles. The molecule has 2 rings (SSSR count). The second kappa shape index (κ2) is 5.90. The van der Waals surface area contributed by atoms with Gasteiger partial charge in [0.25, 0.3) is 0 Å². The number of halogens is 2. The molecule has 1 aliphatic rings. The minimum atomic E-state index is -3.81. The van der Waals surface area contributed by atoms with Crippen LogP contribution >= 0.6 is 11.6 Å². The van der Waals surface area contributed by atoms with Gasteiger partial charge in [0, 0.05) is 23.7 Å². The number of nitrogens with zero attached hydrogens (tertiary/aromatic N) is 1. The van der Waals surface area contributed by atoms with Crippen LogP contribution < -0.4 is 0 Å². The zero-order valence-electron chi connectivity index (χ0n) is 11.3. The molecule has 2 atom stereocenters. The summed E-state index contributed by atoms with van der Waals surface area (Å²) in [5, 5.41) is 9.08. The van der Waals surface area contributed by atoms with Crippen LogP contribution in [0.1, 0.15) is 12.5 Å². The molecular formula is C13H15ClFNO4S. The van der Waals surface area contributed by atoms with Gasteiger partial charge in [-0.3, -0.25) is 4.79 Å². The van der Waals surface area contributed by atoms with E-state index >= 15 is 0 Å². The van der Waals surface area contributed by atoms with Gasteiger partial charge in [-0.2, -0.15) is 0 Å². The molecule has 0 spiro atoms. The fourth-order valence-corrected chi connectivity index (χ4v) is 4.41. The maximum absolute atomic E-state index is 13.7. The first kappa shape index (κ1) is 16.2. The lowest BCUT2D eigenvalue weighted by atomic mass is 9.99. The van der Waals surface area contributed by atoms with E-state index in [1.165, 1.54) is 12.1 Å². The Morgan fingerprint density at radius 3 is 2.67 bits per heavy atom. The summed E-state index contributed by atoms with van der Waals surface area (Å²) in [6, 6.07) is 3.96. The minimum Gasteiger partial charge on any atom is -0.481 e. The molecule has 1 aromatic carbocycles. The fraction of sp³-hybridized carbons (Fsp3) is 0.462. The molecule has 0 amide bonds. The highest BCUT2D eigenvalue weighted by Gasteiger charge is 2.40. The molecule has 21 heavy (non-hydrogen) atoms. The highest BCUT2D eigenvalue weighted by atomic mass is 35.5. The SMILES string of the molecule is C[C@@H]1CN(S(=O)(=O)Cc2c(F)cccc2Cl)C[C@H]1C(=O)O. The first-order valence-electron chi connectivity index (χ1n) is 6.36. The maximum atomic E-state index is 13.7. The Morgan fingerprint density at radius 2 is 2.14 bits per heavy atom. The van der Waals surface area contributed by atoms with Crippen molar-refractivity contribution >= 4 is 27.6 Å². The molecule has 0 unspecified atom stereocenters. The Bertz CT molecular complexity index is 644. The first-order chi connectivity index (χ1) is 9.72. The molecular weight excluding hydrogens is 321 g/mol. The van der Waals surface area contributed by atoms with Gasteiger partial charge < -0.3 is 5.11 Å². The molecule has 5 nitrogen and oxygen atoms in total. The van der Waals surface area contributed by atoms with Gasteiger partial charge in [-0.1, -0.05) is 24.6 Å². The van der Waals surface area contributed by atoms with Crippen LogP contribution in [-0.2, 0) is 20.6 Å². The summed E-state index contributed by atoms with van der Waals surface area (Å²) in [6.07, 6.45) is 0. The lowest BCUT2D eigenvalue weighted by Gasteiger charge is -2.16. The first-order valence-corrected chi connectivity index (χ1v) is 8.34. The van der Waals surface area contributed by atoms with Gasteiger partial charge in [0.1, 0.15) is 5.82 Å². The lowest BCUT2D eigenvalue weighted by Crippen LogP contribution is -2.31. The Kier molecular flexibility index (Phi) is 4.55. The summed E-state index contributed by atoms with van der Waals surface area (Å²) < 4.78 is 39.4. The van der Waals surface area contributed by atoms with Crippen LogP contribution in [0.15, 0.2) is 18.2 Å². The summed E-state index contributed by atoms with van der Waals surface area (Å²) in [5.41, 5.74) is -0.0920. The number of benzene rings is 1. The van der Waals surface area contributed by atoms with E-state index < -0.39 is 33.5 Å². The third-order valence-corrected chi connectivity index (χ3v) is 5.77. The molecule has 1 saturated heterocycles. The standard InChI is InChI=1S/C13H15ClFNO4S/c1-8-5-16(6-9(8)13(17)18)21(19,20)7-10-11(14)3-2-4-12(10)15/h2-4,8-9H,5-7H2,1H3,(H,17,18)/t8-,9-/m1/s1. The van der Waals surface area contributed by atoms with E-state index in [-0.39, 0.29) is 29.6 Å². The Hall–Kier alpha value is -1.18. The number of carbonyl (C=O) groups is 1.